The van der Waals surface area contributed by atoms with E-state index in [1.165, 1.54) is 0 Å². The van der Waals surface area contributed by atoms with Gasteiger partial charge in [-0.3, -0.25) is 4.79 Å². The molecule has 0 bridgehead atoms. The predicted molar refractivity (Wildman–Crippen MR) is 50.6 cm³/mol. The highest BCUT2D eigenvalue weighted by molar-refractivity contribution is 6.12. The van der Waals surface area contributed by atoms with Crippen LogP contribution in [0, 0.1) is 0 Å². The maximum atomic E-state index is 11.4. The van der Waals surface area contributed by atoms with Gasteiger partial charge < -0.3 is 10.5 Å². The van der Waals surface area contributed by atoms with Gasteiger partial charge in [-0.2, -0.15) is 0 Å². The first-order chi connectivity index (χ1) is 6.83. The van der Waals surface area contributed by atoms with E-state index < -0.39 is 0 Å². The number of hydrogen-bond acceptors (Lipinski definition) is 3. The van der Waals surface area contributed by atoms with Crippen LogP contribution in [0.1, 0.15) is 0 Å². The van der Waals surface area contributed by atoms with Crippen molar-refractivity contribution in [2.75, 3.05) is 13.2 Å². The molecule has 4 nitrogen and oxygen atoms in total. The highest BCUT2D eigenvalue weighted by Gasteiger charge is 2.16. The lowest BCUT2D eigenvalue weighted by atomic mass is 10.3. The normalized spacial score (nSPS) is 13.8. The van der Waals surface area contributed by atoms with Crippen LogP contribution in [0.2, 0.25) is 0 Å². The molecule has 0 saturated carbocycles. The summed E-state index contributed by atoms with van der Waals surface area (Å²) < 4.78 is 5.24. The van der Waals surface area contributed by atoms with Crippen molar-refractivity contribution in [1.82, 2.24) is 0 Å². The Morgan fingerprint density at radius 3 is 2.93 bits per heavy atom. The molecule has 0 fully saturated rings. The van der Waals surface area contributed by atoms with Crippen molar-refractivity contribution in [3.8, 4) is 0 Å². The summed E-state index contributed by atoms with van der Waals surface area (Å²) >= 11 is 0. The van der Waals surface area contributed by atoms with Crippen LogP contribution in [0.15, 0.2) is 29.3 Å². The molecule has 1 heterocycles. The van der Waals surface area contributed by atoms with E-state index >= 15 is 0 Å². The maximum absolute atomic E-state index is 11.4. The fourth-order valence-electron chi connectivity index (χ4n) is 1.34. The van der Waals surface area contributed by atoms with E-state index in [1.54, 1.807) is 6.07 Å². The molecule has 1 aliphatic rings. The summed E-state index contributed by atoms with van der Waals surface area (Å²) in [5.74, 6) is -0.00861. The van der Waals surface area contributed by atoms with E-state index in [1.807, 2.05) is 18.2 Å². The van der Waals surface area contributed by atoms with Crippen LogP contribution < -0.4 is 16.3 Å². The van der Waals surface area contributed by atoms with Crippen LogP contribution in [-0.4, -0.2) is 19.1 Å². The lowest BCUT2D eigenvalue weighted by Gasteiger charge is -2.01. The molecule has 1 aliphatic heterocycles. The molecule has 1 aromatic rings. The van der Waals surface area contributed by atoms with Gasteiger partial charge in [-0.25, -0.2) is 4.99 Å². The Kier molecular flexibility index (Phi) is 2.28. The molecule has 4 heteroatoms. The first-order valence-electron chi connectivity index (χ1n) is 4.38. The average molecular weight is 190 g/mol. The number of hydrogen-bond donors (Lipinski definition) is 1. The van der Waals surface area contributed by atoms with E-state index in [4.69, 9.17) is 10.5 Å². The smallest absolute Gasteiger partial charge is 0.313 e. The van der Waals surface area contributed by atoms with Gasteiger partial charge in [0.05, 0.1) is 5.36 Å². The summed E-state index contributed by atoms with van der Waals surface area (Å²) in [6, 6.07) is 7.28. The van der Waals surface area contributed by atoms with Gasteiger partial charge in [-0.1, -0.05) is 12.1 Å². The zero-order chi connectivity index (χ0) is 9.97. The molecule has 2 N–H and O–H groups in total. The second-order valence-electron chi connectivity index (χ2n) is 2.90. The van der Waals surface area contributed by atoms with Crippen molar-refractivity contribution in [1.29, 1.82) is 0 Å². The molecule has 2 rings (SSSR count). The molecule has 1 aromatic carbocycles. The quantitative estimate of drug-likeness (QED) is 0.660. The summed E-state index contributed by atoms with van der Waals surface area (Å²) in [5.41, 5.74) is 5.29. The standard InChI is InChI=1S/C10H10N2O2/c11-5-6-14-9-7-3-1-2-4-8(7)12-10(9)13/h1-4H,5-6,11H2. The Morgan fingerprint density at radius 2 is 2.14 bits per heavy atom. The lowest BCUT2D eigenvalue weighted by Crippen LogP contribution is -2.23. The zero-order valence-electron chi connectivity index (χ0n) is 7.56. The number of fused-ring (bicyclic) bond motifs is 1. The van der Waals surface area contributed by atoms with Crippen molar-refractivity contribution in [2.24, 2.45) is 10.7 Å². The Morgan fingerprint density at radius 1 is 1.36 bits per heavy atom. The van der Waals surface area contributed by atoms with E-state index in [9.17, 15) is 4.79 Å². The largest absolute Gasteiger partial charge is 0.486 e. The van der Waals surface area contributed by atoms with E-state index in [0.717, 1.165) is 5.22 Å². The summed E-state index contributed by atoms with van der Waals surface area (Å²) in [6.07, 6.45) is 0. The minimum Gasteiger partial charge on any atom is -0.486 e. The number of benzene rings is 1. The molecule has 0 unspecified atom stereocenters. The zero-order valence-corrected chi connectivity index (χ0v) is 7.56. The number of ether oxygens (including phenoxy) is 1. The third kappa shape index (κ3) is 1.40. The Bertz CT molecular complexity index is 479. The Balaban J connectivity index is 2.50. The van der Waals surface area contributed by atoms with Gasteiger partial charge in [0.15, 0.2) is 5.76 Å². The van der Waals surface area contributed by atoms with E-state index in [2.05, 4.69) is 4.99 Å². The van der Waals surface area contributed by atoms with Crippen LogP contribution in [-0.2, 0) is 9.53 Å². The number of nitrogens with two attached hydrogens (primary N) is 1. The molecule has 0 aliphatic carbocycles. The number of para-hydroxylation sites is 1. The maximum Gasteiger partial charge on any atom is 0.313 e. The highest BCUT2D eigenvalue weighted by atomic mass is 16.5. The number of rotatable bonds is 3. The van der Waals surface area contributed by atoms with Crippen molar-refractivity contribution in [3.63, 3.8) is 0 Å². The first-order valence-corrected chi connectivity index (χ1v) is 4.38. The summed E-state index contributed by atoms with van der Waals surface area (Å²) in [4.78, 5) is 15.2. The fraction of sp³-hybridized carbons (Fsp3) is 0.200. The van der Waals surface area contributed by atoms with Crippen LogP contribution in [0.5, 0.6) is 0 Å². The second kappa shape index (κ2) is 3.59. The van der Waals surface area contributed by atoms with E-state index in [-0.39, 0.29) is 5.91 Å². The van der Waals surface area contributed by atoms with Gasteiger partial charge in [-0.05, 0) is 12.1 Å². The third-order valence-corrected chi connectivity index (χ3v) is 1.93. The van der Waals surface area contributed by atoms with Gasteiger partial charge in [0.25, 0.3) is 0 Å². The van der Waals surface area contributed by atoms with Gasteiger partial charge in [-0.15, -0.1) is 0 Å². The SMILES string of the molecule is NCCOC1=c2ccccc2=NC1=O. The molecule has 0 spiro atoms. The minimum atomic E-state index is -0.320. The van der Waals surface area contributed by atoms with Crippen LogP contribution in [0.3, 0.4) is 0 Å². The molecule has 0 atom stereocenters. The topological polar surface area (TPSA) is 64.7 Å². The van der Waals surface area contributed by atoms with Crippen molar-refractivity contribution >= 4 is 11.7 Å². The molecular formula is C10H10N2O2. The predicted octanol–water partition coefficient (Wildman–Crippen LogP) is -1.07. The molecule has 0 aromatic heterocycles. The van der Waals surface area contributed by atoms with Crippen LogP contribution in [0.4, 0.5) is 0 Å². The highest BCUT2D eigenvalue weighted by Crippen LogP contribution is 2.01. The number of amides is 1. The molecule has 14 heavy (non-hydrogen) atoms. The second-order valence-corrected chi connectivity index (χ2v) is 2.90. The van der Waals surface area contributed by atoms with Crippen molar-refractivity contribution < 1.29 is 9.53 Å². The molecule has 1 amide bonds. The number of nitrogens with zero attached hydrogens (tertiary/aromatic N) is 1. The summed E-state index contributed by atoms with van der Waals surface area (Å²) in [7, 11) is 0. The number of carbonyl (C=O) groups is 1. The minimum absolute atomic E-state index is 0.311. The summed E-state index contributed by atoms with van der Waals surface area (Å²) in [5, 5.41) is 1.43. The molecular weight excluding hydrogens is 180 g/mol. The average Bonchev–Trinajstić information content (AvgIpc) is 2.51. The molecule has 0 radical (unpaired) electrons. The monoisotopic (exact) mass is 190 g/mol. The Labute approximate surface area is 80.7 Å². The van der Waals surface area contributed by atoms with Crippen LogP contribution >= 0.6 is 0 Å². The Hall–Kier alpha value is -1.68. The van der Waals surface area contributed by atoms with Crippen molar-refractivity contribution in [3.05, 3.63) is 34.8 Å². The van der Waals surface area contributed by atoms with Gasteiger partial charge >= 0.3 is 5.91 Å². The van der Waals surface area contributed by atoms with Crippen LogP contribution in [0.25, 0.3) is 5.76 Å². The van der Waals surface area contributed by atoms with Gasteiger partial charge in [0.1, 0.15) is 6.61 Å². The molecule has 0 saturated heterocycles. The van der Waals surface area contributed by atoms with Crippen molar-refractivity contribution in [2.45, 2.75) is 0 Å². The summed E-state index contributed by atoms with van der Waals surface area (Å²) in [6.45, 7) is 0.726. The van der Waals surface area contributed by atoms with E-state index in [0.29, 0.717) is 24.3 Å². The third-order valence-electron chi connectivity index (χ3n) is 1.93. The molecule has 72 valence electrons. The van der Waals surface area contributed by atoms with Gasteiger partial charge in [0, 0.05) is 11.8 Å². The first kappa shape index (κ1) is 8.90. The lowest BCUT2D eigenvalue weighted by molar-refractivity contribution is -0.114. The van der Waals surface area contributed by atoms with Gasteiger partial charge in [0.2, 0.25) is 0 Å². The number of carbonyl (C=O) groups excluding carboxylic acids is 1. The fourth-order valence-corrected chi connectivity index (χ4v) is 1.34.